The highest BCUT2D eigenvalue weighted by atomic mass is 16.3. The van der Waals surface area contributed by atoms with Crippen molar-refractivity contribution in [3.63, 3.8) is 0 Å². The molecule has 7 heteroatoms. The van der Waals surface area contributed by atoms with Gasteiger partial charge in [0.25, 0.3) is 5.91 Å². The largest absolute Gasteiger partial charge is 0.389 e. The van der Waals surface area contributed by atoms with Gasteiger partial charge in [-0.25, -0.2) is 4.98 Å². The van der Waals surface area contributed by atoms with Crippen LogP contribution in [0.5, 0.6) is 0 Å². The van der Waals surface area contributed by atoms with Crippen LogP contribution in [0.2, 0.25) is 0 Å². The van der Waals surface area contributed by atoms with Gasteiger partial charge in [-0.15, -0.1) is 0 Å². The first-order chi connectivity index (χ1) is 8.97. The molecular weight excluding hydrogens is 248 g/mol. The van der Waals surface area contributed by atoms with E-state index in [0.29, 0.717) is 13.1 Å². The first kappa shape index (κ1) is 13.5. The van der Waals surface area contributed by atoms with Gasteiger partial charge in [-0.1, -0.05) is 0 Å². The molecule has 2 amide bonds. The highest BCUT2D eigenvalue weighted by molar-refractivity contribution is 5.90. The molecule has 104 valence electrons. The van der Waals surface area contributed by atoms with Gasteiger partial charge >= 0.3 is 0 Å². The number of β-amino-alcohol motifs (C(OH)–C–C–N with tert-alkyl or cyclic N) is 1. The SMILES string of the molecule is CC(=O)N1CCN(C(=O)c2ncc(C)[nH]2)CC(O)C1. The molecule has 1 unspecified atom stereocenters. The molecule has 7 nitrogen and oxygen atoms in total. The fourth-order valence-electron chi connectivity index (χ4n) is 2.13. The molecule has 0 saturated carbocycles. The summed E-state index contributed by atoms with van der Waals surface area (Å²) in [5.74, 6) is -0.0827. The number of aliphatic hydroxyl groups excluding tert-OH is 1. The number of aliphatic hydroxyl groups is 1. The normalized spacial score (nSPS) is 20.3. The number of aryl methyl sites for hydroxylation is 1. The van der Waals surface area contributed by atoms with Gasteiger partial charge in [0.1, 0.15) is 0 Å². The topological polar surface area (TPSA) is 89.5 Å². The summed E-state index contributed by atoms with van der Waals surface area (Å²) in [5, 5.41) is 9.86. The van der Waals surface area contributed by atoms with Gasteiger partial charge in [0.05, 0.1) is 6.10 Å². The van der Waals surface area contributed by atoms with Crippen LogP contribution < -0.4 is 0 Å². The third-order valence-corrected chi connectivity index (χ3v) is 3.14. The Morgan fingerprint density at radius 2 is 2.00 bits per heavy atom. The molecule has 0 aliphatic carbocycles. The van der Waals surface area contributed by atoms with Crippen LogP contribution in [0, 0.1) is 6.92 Å². The van der Waals surface area contributed by atoms with Crippen LogP contribution in [0.3, 0.4) is 0 Å². The molecule has 1 aliphatic heterocycles. The zero-order valence-electron chi connectivity index (χ0n) is 11.1. The van der Waals surface area contributed by atoms with E-state index < -0.39 is 6.10 Å². The van der Waals surface area contributed by atoms with Crippen molar-refractivity contribution in [2.45, 2.75) is 20.0 Å². The van der Waals surface area contributed by atoms with Crippen LogP contribution in [0.4, 0.5) is 0 Å². The van der Waals surface area contributed by atoms with Gasteiger partial charge in [-0.2, -0.15) is 0 Å². The Hall–Kier alpha value is -1.89. The fourth-order valence-corrected chi connectivity index (χ4v) is 2.13. The minimum atomic E-state index is -0.730. The van der Waals surface area contributed by atoms with Gasteiger partial charge in [-0.3, -0.25) is 9.59 Å². The Labute approximate surface area is 111 Å². The van der Waals surface area contributed by atoms with Crippen LogP contribution in [0.1, 0.15) is 23.2 Å². The van der Waals surface area contributed by atoms with Gasteiger partial charge in [0, 0.05) is 45.0 Å². The van der Waals surface area contributed by atoms with Crippen LogP contribution in [0.15, 0.2) is 6.20 Å². The van der Waals surface area contributed by atoms with E-state index in [1.54, 1.807) is 11.1 Å². The number of nitrogens with one attached hydrogen (secondary N) is 1. The second-order valence-electron chi connectivity index (χ2n) is 4.78. The van der Waals surface area contributed by atoms with Crippen molar-refractivity contribution in [1.82, 2.24) is 19.8 Å². The van der Waals surface area contributed by atoms with Crippen molar-refractivity contribution in [2.75, 3.05) is 26.2 Å². The number of imidazole rings is 1. The van der Waals surface area contributed by atoms with E-state index in [9.17, 15) is 14.7 Å². The van der Waals surface area contributed by atoms with E-state index in [-0.39, 0.29) is 30.7 Å². The Kier molecular flexibility index (Phi) is 3.84. The lowest BCUT2D eigenvalue weighted by Gasteiger charge is -2.20. The van der Waals surface area contributed by atoms with Crippen molar-refractivity contribution < 1.29 is 14.7 Å². The van der Waals surface area contributed by atoms with Gasteiger partial charge in [-0.05, 0) is 6.92 Å². The minimum absolute atomic E-state index is 0.0952. The molecular formula is C12H18N4O3. The molecule has 0 aromatic carbocycles. The third-order valence-electron chi connectivity index (χ3n) is 3.14. The first-order valence-corrected chi connectivity index (χ1v) is 6.22. The van der Waals surface area contributed by atoms with E-state index in [0.717, 1.165) is 5.69 Å². The maximum absolute atomic E-state index is 12.2. The molecule has 0 bridgehead atoms. The van der Waals surface area contributed by atoms with Crippen LogP contribution in [0.25, 0.3) is 0 Å². The van der Waals surface area contributed by atoms with E-state index >= 15 is 0 Å². The zero-order valence-corrected chi connectivity index (χ0v) is 11.1. The lowest BCUT2D eigenvalue weighted by Crippen LogP contribution is -2.38. The molecule has 19 heavy (non-hydrogen) atoms. The summed E-state index contributed by atoms with van der Waals surface area (Å²) >= 11 is 0. The number of rotatable bonds is 1. The Morgan fingerprint density at radius 3 is 2.58 bits per heavy atom. The summed E-state index contributed by atoms with van der Waals surface area (Å²) in [6.45, 7) is 4.57. The molecule has 2 heterocycles. The van der Waals surface area contributed by atoms with Crippen LogP contribution in [-0.4, -0.2) is 69.0 Å². The summed E-state index contributed by atoms with van der Waals surface area (Å²) in [6, 6.07) is 0. The zero-order chi connectivity index (χ0) is 14.0. The number of amides is 2. The molecule has 1 fully saturated rings. The van der Waals surface area contributed by atoms with Gasteiger partial charge in [0.2, 0.25) is 5.91 Å². The van der Waals surface area contributed by atoms with Gasteiger partial charge in [0.15, 0.2) is 5.82 Å². The average Bonchev–Trinajstić information content (AvgIpc) is 2.67. The Balaban J connectivity index is 2.08. The lowest BCUT2D eigenvalue weighted by molar-refractivity contribution is -0.129. The second kappa shape index (κ2) is 5.40. The Morgan fingerprint density at radius 1 is 1.37 bits per heavy atom. The Bertz CT molecular complexity index is 485. The molecule has 1 atom stereocenters. The van der Waals surface area contributed by atoms with Gasteiger partial charge < -0.3 is 19.9 Å². The predicted octanol–water partition coefficient (Wildman–Crippen LogP) is -0.617. The highest BCUT2D eigenvalue weighted by Gasteiger charge is 2.27. The summed E-state index contributed by atoms with van der Waals surface area (Å²) in [7, 11) is 0. The third kappa shape index (κ3) is 3.11. The van der Waals surface area contributed by atoms with Crippen molar-refractivity contribution in [3.05, 3.63) is 17.7 Å². The molecule has 1 aromatic heterocycles. The van der Waals surface area contributed by atoms with E-state index in [1.807, 2.05) is 6.92 Å². The number of hydrogen-bond acceptors (Lipinski definition) is 4. The highest BCUT2D eigenvalue weighted by Crippen LogP contribution is 2.08. The maximum Gasteiger partial charge on any atom is 0.289 e. The lowest BCUT2D eigenvalue weighted by atomic mass is 10.3. The summed E-state index contributed by atoms with van der Waals surface area (Å²) < 4.78 is 0. The molecule has 0 spiro atoms. The number of H-pyrrole nitrogens is 1. The number of carbonyl (C=O) groups is 2. The predicted molar refractivity (Wildman–Crippen MR) is 67.5 cm³/mol. The first-order valence-electron chi connectivity index (χ1n) is 6.22. The number of aromatic nitrogens is 2. The molecule has 1 saturated heterocycles. The number of carbonyl (C=O) groups excluding carboxylic acids is 2. The molecule has 2 N–H and O–H groups in total. The number of aromatic amines is 1. The number of hydrogen-bond donors (Lipinski definition) is 2. The average molecular weight is 266 g/mol. The van der Waals surface area contributed by atoms with Crippen LogP contribution >= 0.6 is 0 Å². The molecule has 0 radical (unpaired) electrons. The second-order valence-corrected chi connectivity index (χ2v) is 4.78. The van der Waals surface area contributed by atoms with Crippen molar-refractivity contribution in [2.24, 2.45) is 0 Å². The van der Waals surface area contributed by atoms with E-state index in [2.05, 4.69) is 9.97 Å². The van der Waals surface area contributed by atoms with Crippen molar-refractivity contribution >= 4 is 11.8 Å². The molecule has 1 aromatic rings. The number of nitrogens with zero attached hydrogens (tertiary/aromatic N) is 3. The van der Waals surface area contributed by atoms with E-state index in [4.69, 9.17) is 0 Å². The minimum Gasteiger partial charge on any atom is -0.389 e. The summed E-state index contributed by atoms with van der Waals surface area (Å²) in [6.07, 6.45) is 0.856. The van der Waals surface area contributed by atoms with Crippen molar-refractivity contribution in [3.8, 4) is 0 Å². The van der Waals surface area contributed by atoms with Crippen LogP contribution in [-0.2, 0) is 4.79 Å². The summed E-state index contributed by atoms with van der Waals surface area (Å²) in [4.78, 5) is 33.5. The summed E-state index contributed by atoms with van der Waals surface area (Å²) in [5.41, 5.74) is 0.809. The quantitative estimate of drug-likeness (QED) is 0.709. The molecule has 2 rings (SSSR count). The fraction of sp³-hybridized carbons (Fsp3) is 0.583. The monoisotopic (exact) mass is 266 g/mol. The smallest absolute Gasteiger partial charge is 0.289 e. The standard InChI is InChI=1S/C12H18N4O3/c1-8-5-13-11(14-8)12(19)16-4-3-15(9(2)17)6-10(18)7-16/h5,10,18H,3-4,6-7H2,1-2H3,(H,13,14). The van der Waals surface area contributed by atoms with E-state index in [1.165, 1.54) is 11.8 Å². The van der Waals surface area contributed by atoms with Crippen molar-refractivity contribution in [1.29, 1.82) is 0 Å². The maximum atomic E-state index is 12.2. The molecule has 1 aliphatic rings.